The molecule has 3 aliphatic carbocycles. The maximum Gasteiger partial charge on any atom is 0.408 e. The lowest BCUT2D eigenvalue weighted by Crippen LogP contribution is -2.58. The minimum absolute atomic E-state index is 0.0582. The predicted octanol–water partition coefficient (Wildman–Crippen LogP) is 3.15. The summed E-state index contributed by atoms with van der Waals surface area (Å²) < 4.78 is 7.67. The first kappa shape index (κ1) is 17.8. The lowest BCUT2D eigenvalue weighted by atomic mass is 9.57. The summed E-state index contributed by atoms with van der Waals surface area (Å²) in [5.74, 6) is 0. The summed E-state index contributed by atoms with van der Waals surface area (Å²) >= 11 is 0. The third-order valence-electron chi connectivity index (χ3n) is 6.44. The van der Waals surface area contributed by atoms with E-state index in [4.69, 9.17) is 9.84 Å². The van der Waals surface area contributed by atoms with Crippen molar-refractivity contribution in [2.75, 3.05) is 6.54 Å². The zero-order chi connectivity index (χ0) is 18.4. The van der Waals surface area contributed by atoms with E-state index in [1.165, 1.54) is 11.3 Å². The summed E-state index contributed by atoms with van der Waals surface area (Å²) in [5, 5.41) is 11.5. The van der Waals surface area contributed by atoms with Crippen LogP contribution in [0.15, 0.2) is 6.20 Å². The van der Waals surface area contributed by atoms with E-state index in [9.17, 15) is 4.79 Å². The van der Waals surface area contributed by atoms with Gasteiger partial charge in [-0.1, -0.05) is 0 Å². The molecule has 6 nitrogen and oxygen atoms in total. The molecule has 6 heteroatoms. The van der Waals surface area contributed by atoms with Crippen LogP contribution in [0.3, 0.4) is 0 Å². The highest BCUT2D eigenvalue weighted by atomic mass is 16.6. The molecule has 0 aromatic carbocycles. The number of carbonyl (C=O) groups is 1. The maximum absolute atomic E-state index is 12.2. The van der Waals surface area contributed by atoms with Crippen molar-refractivity contribution >= 4 is 6.09 Å². The smallest absolute Gasteiger partial charge is 0.408 e. The van der Waals surface area contributed by atoms with Gasteiger partial charge in [0.25, 0.3) is 0 Å². The number of fused-ring (bicyclic) bond motifs is 4. The van der Waals surface area contributed by atoms with Gasteiger partial charge in [0.15, 0.2) is 0 Å². The van der Waals surface area contributed by atoms with Crippen LogP contribution in [0.25, 0.3) is 0 Å². The Morgan fingerprint density at radius 2 is 1.96 bits per heavy atom. The predicted molar refractivity (Wildman–Crippen MR) is 99.9 cm³/mol. The van der Waals surface area contributed by atoms with Gasteiger partial charge in [-0.3, -0.25) is 4.68 Å². The summed E-state index contributed by atoms with van der Waals surface area (Å²) in [6.07, 6.45) is 9.64. The van der Waals surface area contributed by atoms with Crippen molar-refractivity contribution in [3.8, 4) is 0 Å². The number of ether oxygens (including phenoxy) is 1. The fourth-order valence-electron chi connectivity index (χ4n) is 4.92. The lowest BCUT2D eigenvalue weighted by molar-refractivity contribution is -0.00482. The monoisotopic (exact) mass is 360 g/mol. The number of aromatic nitrogens is 2. The summed E-state index contributed by atoms with van der Waals surface area (Å²) in [5.41, 5.74) is 2.48. The Morgan fingerprint density at radius 3 is 2.58 bits per heavy atom. The molecule has 2 N–H and O–H groups in total. The SMILES string of the molecule is CC(C)(C)OC(=O)NC12CCC(Cn3cc4c(n3)CCNC4)(CC1)CC2. The Balaban J connectivity index is 1.38. The van der Waals surface area contributed by atoms with Crippen LogP contribution in [-0.2, 0) is 24.2 Å². The molecule has 0 unspecified atom stereocenters. The molecular formula is C20H32N4O2. The van der Waals surface area contributed by atoms with Gasteiger partial charge in [0.2, 0.25) is 0 Å². The molecule has 3 saturated carbocycles. The van der Waals surface area contributed by atoms with Crippen molar-refractivity contribution in [1.82, 2.24) is 20.4 Å². The first-order valence-corrected chi connectivity index (χ1v) is 10.0. The Morgan fingerprint density at radius 1 is 1.27 bits per heavy atom. The molecule has 2 bridgehead atoms. The first-order valence-electron chi connectivity index (χ1n) is 10.0. The van der Waals surface area contributed by atoms with E-state index in [2.05, 4.69) is 21.5 Å². The molecule has 4 aliphatic rings. The minimum Gasteiger partial charge on any atom is -0.444 e. The van der Waals surface area contributed by atoms with Crippen LogP contribution in [0.2, 0.25) is 0 Å². The molecule has 5 rings (SSSR count). The van der Waals surface area contributed by atoms with Crippen molar-refractivity contribution in [2.24, 2.45) is 5.41 Å². The topological polar surface area (TPSA) is 68.2 Å². The molecule has 1 aromatic rings. The number of hydrogen-bond donors (Lipinski definition) is 2. The number of nitrogens with zero attached hydrogens (tertiary/aromatic N) is 2. The van der Waals surface area contributed by atoms with Crippen molar-refractivity contribution < 1.29 is 9.53 Å². The van der Waals surface area contributed by atoms with E-state index in [1.54, 1.807) is 0 Å². The van der Waals surface area contributed by atoms with Crippen LogP contribution in [-0.4, -0.2) is 33.6 Å². The molecule has 144 valence electrons. The Bertz CT molecular complexity index is 640. The summed E-state index contributed by atoms with van der Waals surface area (Å²) in [6.45, 7) is 8.74. The zero-order valence-electron chi connectivity index (χ0n) is 16.4. The van der Waals surface area contributed by atoms with Gasteiger partial charge in [0.1, 0.15) is 5.60 Å². The Kier molecular flexibility index (Phi) is 4.29. The van der Waals surface area contributed by atoms with Crippen LogP contribution >= 0.6 is 0 Å². The number of rotatable bonds is 3. The largest absolute Gasteiger partial charge is 0.444 e. The van der Waals surface area contributed by atoms with Gasteiger partial charge in [-0.05, 0) is 64.7 Å². The van der Waals surface area contributed by atoms with Gasteiger partial charge < -0.3 is 15.4 Å². The van der Waals surface area contributed by atoms with Gasteiger partial charge in [-0.15, -0.1) is 0 Å². The summed E-state index contributed by atoms with van der Waals surface area (Å²) in [7, 11) is 0. The Labute approximate surface area is 156 Å². The molecule has 3 fully saturated rings. The fraction of sp³-hybridized carbons (Fsp3) is 0.800. The maximum atomic E-state index is 12.2. The van der Waals surface area contributed by atoms with Crippen molar-refractivity contribution in [2.45, 2.75) is 89.9 Å². The molecule has 1 amide bonds. The molecule has 1 aliphatic heterocycles. The Hall–Kier alpha value is -1.56. The normalized spacial score (nSPS) is 30.7. The van der Waals surface area contributed by atoms with E-state index in [0.717, 1.165) is 64.6 Å². The minimum atomic E-state index is -0.443. The standard InChI is InChI=1S/C20H32N4O2/c1-18(2,3)26-17(25)22-20-8-5-19(6-9-20,7-10-20)14-24-13-15-12-21-11-4-16(15)23-24/h13,21H,4-12,14H2,1-3H3,(H,22,25). The van der Waals surface area contributed by atoms with Crippen molar-refractivity contribution in [3.63, 3.8) is 0 Å². The molecule has 1 aromatic heterocycles. The van der Waals surface area contributed by atoms with Crippen molar-refractivity contribution in [3.05, 3.63) is 17.5 Å². The van der Waals surface area contributed by atoms with Crippen LogP contribution in [0.5, 0.6) is 0 Å². The highest BCUT2D eigenvalue weighted by Gasteiger charge is 2.49. The number of nitrogens with one attached hydrogen (secondary N) is 2. The molecule has 0 atom stereocenters. The second-order valence-corrected chi connectivity index (χ2v) is 9.63. The van der Waals surface area contributed by atoms with E-state index in [0.29, 0.717) is 5.41 Å². The van der Waals surface area contributed by atoms with E-state index in [-0.39, 0.29) is 11.6 Å². The van der Waals surface area contributed by atoms with Crippen molar-refractivity contribution in [1.29, 1.82) is 0 Å². The third-order valence-corrected chi connectivity index (χ3v) is 6.44. The second kappa shape index (κ2) is 6.25. The molecular weight excluding hydrogens is 328 g/mol. The van der Waals surface area contributed by atoms with Crippen LogP contribution in [0.4, 0.5) is 4.79 Å². The van der Waals surface area contributed by atoms with Gasteiger partial charge in [0.05, 0.1) is 5.69 Å². The van der Waals surface area contributed by atoms with Gasteiger partial charge in [-0.25, -0.2) is 4.79 Å². The average molecular weight is 361 g/mol. The molecule has 0 saturated heterocycles. The number of carbonyl (C=O) groups excluding carboxylic acids is 1. The van der Waals surface area contributed by atoms with Crippen LogP contribution < -0.4 is 10.6 Å². The van der Waals surface area contributed by atoms with E-state index >= 15 is 0 Å². The fourth-order valence-corrected chi connectivity index (χ4v) is 4.92. The number of amides is 1. The molecule has 2 heterocycles. The molecule has 0 spiro atoms. The quantitative estimate of drug-likeness (QED) is 0.869. The lowest BCUT2D eigenvalue weighted by Gasteiger charge is -2.53. The van der Waals surface area contributed by atoms with Crippen LogP contribution in [0.1, 0.15) is 70.6 Å². The van der Waals surface area contributed by atoms with Gasteiger partial charge >= 0.3 is 6.09 Å². The highest BCUT2D eigenvalue weighted by Crippen LogP contribution is 2.53. The summed E-state index contributed by atoms with van der Waals surface area (Å²) in [6, 6.07) is 0. The zero-order valence-corrected chi connectivity index (χ0v) is 16.4. The van der Waals surface area contributed by atoms with E-state index < -0.39 is 5.60 Å². The first-order chi connectivity index (χ1) is 12.3. The van der Waals surface area contributed by atoms with Gasteiger partial charge in [0, 0.05) is 43.4 Å². The molecule has 0 radical (unpaired) electrons. The molecule has 26 heavy (non-hydrogen) atoms. The van der Waals surface area contributed by atoms with E-state index in [1.807, 2.05) is 20.8 Å². The second-order valence-electron chi connectivity index (χ2n) is 9.63. The third kappa shape index (κ3) is 3.61. The number of alkyl carbamates (subject to hydrolysis) is 1. The average Bonchev–Trinajstić information content (AvgIpc) is 2.96. The summed E-state index contributed by atoms with van der Waals surface area (Å²) in [4.78, 5) is 12.2. The highest BCUT2D eigenvalue weighted by molar-refractivity contribution is 5.69. The van der Waals surface area contributed by atoms with Crippen LogP contribution in [0, 0.1) is 5.41 Å². The number of hydrogen-bond acceptors (Lipinski definition) is 4. The van der Waals surface area contributed by atoms with Gasteiger partial charge in [-0.2, -0.15) is 5.10 Å².